The molecule has 0 atom stereocenters. The van der Waals surface area contributed by atoms with Crippen molar-refractivity contribution >= 4 is 30.0 Å². The summed E-state index contributed by atoms with van der Waals surface area (Å²) < 4.78 is 5.14. The zero-order valence-corrected chi connectivity index (χ0v) is 13.6. The second-order valence-electron chi connectivity index (χ2n) is 4.59. The quantitative estimate of drug-likeness (QED) is 0.330. The highest BCUT2D eigenvalue weighted by molar-refractivity contribution is 8.10. The lowest BCUT2D eigenvalue weighted by atomic mass is 10.1. The lowest BCUT2D eigenvalue weighted by Gasteiger charge is -2.10. The molecule has 0 amide bonds. The number of benzene rings is 1. The third kappa shape index (κ3) is 6.88. The van der Waals surface area contributed by atoms with Crippen LogP contribution in [0.4, 0.5) is 0 Å². The number of rotatable bonds is 8. The minimum Gasteiger partial charge on any atom is -0.504 e. The first-order valence-electron chi connectivity index (χ1n) is 6.31. The second kappa shape index (κ2) is 8.17. The van der Waals surface area contributed by atoms with Crippen molar-refractivity contribution < 1.29 is 14.7 Å². The Morgan fingerprint density at radius 2 is 1.80 bits per heavy atom. The standard InChI is InChI=1S/C12H20ClN2O3PS/c13-10-7-9(8-11(16)12(10)17)5-3-1-2-4-6-18-19(14,15)20/h7-8,16-17H,1-6H2,(H4,14,15,20). The number of phenols is 2. The number of aryl methyl sites for hydroxylation is 1. The molecule has 1 rings (SSSR count). The van der Waals surface area contributed by atoms with Gasteiger partial charge in [0.15, 0.2) is 18.1 Å². The molecule has 1 aromatic carbocycles. The molecule has 1 aromatic rings. The average molecular weight is 339 g/mol. The maximum absolute atomic E-state index is 9.45. The first-order chi connectivity index (χ1) is 9.29. The van der Waals surface area contributed by atoms with E-state index >= 15 is 0 Å². The van der Waals surface area contributed by atoms with Crippen LogP contribution in [-0.4, -0.2) is 16.8 Å². The van der Waals surface area contributed by atoms with Crippen molar-refractivity contribution in [2.24, 2.45) is 11.0 Å². The molecule has 6 N–H and O–H groups in total. The van der Waals surface area contributed by atoms with Gasteiger partial charge in [0.25, 0.3) is 0 Å². The fourth-order valence-electron chi connectivity index (χ4n) is 1.78. The normalized spacial score (nSPS) is 11.8. The summed E-state index contributed by atoms with van der Waals surface area (Å²) >= 11 is 10.6. The first kappa shape index (κ1) is 17.7. The Kier molecular flexibility index (Phi) is 7.23. The van der Waals surface area contributed by atoms with Crippen molar-refractivity contribution in [1.82, 2.24) is 0 Å². The van der Waals surface area contributed by atoms with Gasteiger partial charge >= 0.3 is 0 Å². The molecule has 0 radical (unpaired) electrons. The molecule has 0 aliphatic heterocycles. The Hall–Kier alpha value is -0.360. The van der Waals surface area contributed by atoms with Gasteiger partial charge < -0.3 is 14.7 Å². The van der Waals surface area contributed by atoms with Crippen molar-refractivity contribution in [3.63, 3.8) is 0 Å². The zero-order chi connectivity index (χ0) is 15.2. The van der Waals surface area contributed by atoms with Crippen LogP contribution in [0.5, 0.6) is 11.5 Å². The van der Waals surface area contributed by atoms with Crippen LogP contribution in [0.25, 0.3) is 0 Å². The SMILES string of the molecule is NP(N)(=S)OCCCCCCc1cc(O)c(O)c(Cl)c1. The highest BCUT2D eigenvalue weighted by Gasteiger charge is 2.07. The maximum Gasteiger partial charge on any atom is 0.192 e. The molecule has 0 spiro atoms. The van der Waals surface area contributed by atoms with Crippen LogP contribution in [-0.2, 0) is 22.8 Å². The van der Waals surface area contributed by atoms with E-state index in [1.54, 1.807) is 6.07 Å². The smallest absolute Gasteiger partial charge is 0.192 e. The highest BCUT2D eigenvalue weighted by atomic mass is 35.5. The number of unbranched alkanes of at least 4 members (excludes halogenated alkanes) is 3. The van der Waals surface area contributed by atoms with E-state index in [1.165, 1.54) is 6.07 Å². The molecule has 0 aromatic heterocycles. The molecular weight excluding hydrogens is 319 g/mol. The molecular formula is C12H20ClN2O3PS. The number of hydrogen-bond donors (Lipinski definition) is 4. The van der Waals surface area contributed by atoms with Crippen molar-refractivity contribution in [2.75, 3.05) is 6.61 Å². The molecule has 0 bridgehead atoms. The number of phenolic OH excluding ortho intramolecular Hbond substituents is 2. The zero-order valence-electron chi connectivity index (χ0n) is 11.1. The van der Waals surface area contributed by atoms with E-state index in [2.05, 4.69) is 0 Å². The Morgan fingerprint density at radius 1 is 1.15 bits per heavy atom. The van der Waals surface area contributed by atoms with E-state index in [1.807, 2.05) is 0 Å². The number of halogens is 1. The van der Waals surface area contributed by atoms with Crippen LogP contribution < -0.4 is 11.0 Å². The van der Waals surface area contributed by atoms with E-state index in [0.717, 1.165) is 37.7 Å². The van der Waals surface area contributed by atoms with Gasteiger partial charge in [-0.15, -0.1) is 0 Å². The predicted molar refractivity (Wildman–Crippen MR) is 85.6 cm³/mol. The summed E-state index contributed by atoms with van der Waals surface area (Å²) in [5.74, 6) is -0.454. The summed E-state index contributed by atoms with van der Waals surface area (Å²) in [4.78, 5) is 0. The van der Waals surface area contributed by atoms with Crippen molar-refractivity contribution in [3.05, 3.63) is 22.7 Å². The first-order valence-corrected chi connectivity index (χ1v) is 9.55. The molecule has 0 unspecified atom stereocenters. The van der Waals surface area contributed by atoms with Crippen LogP contribution >= 0.6 is 18.2 Å². The Bertz CT molecular complexity index is 473. The van der Waals surface area contributed by atoms with Gasteiger partial charge in [0.2, 0.25) is 0 Å². The van der Waals surface area contributed by atoms with Gasteiger partial charge in [-0.25, -0.2) is 0 Å². The molecule has 5 nitrogen and oxygen atoms in total. The lowest BCUT2D eigenvalue weighted by molar-refractivity contribution is 0.334. The predicted octanol–water partition coefficient (Wildman–Crippen LogP) is 3.01. The van der Waals surface area contributed by atoms with Crippen LogP contribution in [0.1, 0.15) is 31.2 Å². The van der Waals surface area contributed by atoms with Crippen molar-refractivity contribution in [1.29, 1.82) is 0 Å². The Labute approximate surface area is 129 Å². The number of nitrogens with two attached hydrogens (primary N) is 2. The van der Waals surface area contributed by atoms with E-state index in [0.29, 0.717) is 6.61 Å². The summed E-state index contributed by atoms with van der Waals surface area (Å²) in [6.45, 7) is -2.02. The maximum atomic E-state index is 9.45. The van der Waals surface area contributed by atoms with E-state index < -0.39 is 6.57 Å². The molecule has 0 saturated carbocycles. The van der Waals surface area contributed by atoms with Crippen molar-refractivity contribution in [2.45, 2.75) is 32.1 Å². The van der Waals surface area contributed by atoms with Crippen molar-refractivity contribution in [3.8, 4) is 11.5 Å². The van der Waals surface area contributed by atoms with Gasteiger partial charge in [0.1, 0.15) is 0 Å². The van der Waals surface area contributed by atoms with Gasteiger partial charge in [-0.05, 0) is 48.8 Å². The monoisotopic (exact) mass is 338 g/mol. The Balaban J connectivity index is 2.20. The summed E-state index contributed by atoms with van der Waals surface area (Å²) in [5.41, 5.74) is 11.7. The van der Waals surface area contributed by atoms with E-state index in [-0.39, 0.29) is 16.5 Å². The fourth-order valence-corrected chi connectivity index (χ4v) is 2.65. The van der Waals surface area contributed by atoms with Gasteiger partial charge in [-0.1, -0.05) is 24.4 Å². The van der Waals surface area contributed by atoms with Crippen LogP contribution in [0, 0.1) is 0 Å². The number of aromatic hydroxyl groups is 2. The minimum absolute atomic E-state index is 0.171. The van der Waals surface area contributed by atoms with E-state index in [9.17, 15) is 10.2 Å². The summed E-state index contributed by atoms with van der Waals surface area (Å²) in [6, 6.07) is 3.20. The molecule has 8 heteroatoms. The molecule has 0 heterocycles. The van der Waals surface area contributed by atoms with Crippen LogP contribution in [0.2, 0.25) is 5.02 Å². The topological polar surface area (TPSA) is 102 Å². The molecule has 0 aliphatic carbocycles. The summed E-state index contributed by atoms with van der Waals surface area (Å²) in [5, 5.41) is 19.0. The summed E-state index contributed by atoms with van der Waals surface area (Å²) in [7, 11) is 0. The van der Waals surface area contributed by atoms with Gasteiger partial charge in [-0.2, -0.15) is 0 Å². The largest absolute Gasteiger partial charge is 0.504 e. The molecule has 0 fully saturated rings. The third-order valence-corrected chi connectivity index (χ3v) is 3.95. The molecule has 0 saturated heterocycles. The third-order valence-electron chi connectivity index (χ3n) is 2.76. The van der Waals surface area contributed by atoms with Gasteiger partial charge in [-0.3, -0.25) is 11.0 Å². The number of hydrogen-bond acceptors (Lipinski definition) is 4. The fraction of sp³-hybridized carbons (Fsp3) is 0.500. The summed E-state index contributed by atoms with van der Waals surface area (Å²) in [6.07, 6.45) is 4.63. The highest BCUT2D eigenvalue weighted by Crippen LogP contribution is 2.34. The van der Waals surface area contributed by atoms with Gasteiger partial charge in [0.05, 0.1) is 11.6 Å². The molecule has 114 valence electrons. The van der Waals surface area contributed by atoms with Gasteiger partial charge in [0, 0.05) is 0 Å². The van der Waals surface area contributed by atoms with Crippen LogP contribution in [0.15, 0.2) is 12.1 Å². The molecule has 0 aliphatic rings. The lowest BCUT2D eigenvalue weighted by Crippen LogP contribution is -2.08. The van der Waals surface area contributed by atoms with Crippen LogP contribution in [0.3, 0.4) is 0 Å². The Morgan fingerprint density at radius 3 is 2.40 bits per heavy atom. The second-order valence-corrected chi connectivity index (χ2v) is 8.26. The van der Waals surface area contributed by atoms with E-state index in [4.69, 9.17) is 38.9 Å². The minimum atomic E-state index is -2.52. The molecule has 20 heavy (non-hydrogen) atoms. The average Bonchev–Trinajstić information content (AvgIpc) is 2.33.